The number of hydrogen-bond donors (Lipinski definition) is 0. The molecule has 0 fully saturated rings. The van der Waals surface area contributed by atoms with Gasteiger partial charge in [0.2, 0.25) is 0 Å². The van der Waals surface area contributed by atoms with Gasteiger partial charge in [-0.1, -0.05) is 84.8 Å². The molecule has 0 aliphatic carbocycles. The average Bonchev–Trinajstić information content (AvgIpc) is 2.68. The van der Waals surface area contributed by atoms with Crippen LogP contribution in [0.3, 0.4) is 0 Å². The Morgan fingerprint density at radius 1 is 0.800 bits per heavy atom. The maximum Gasteiger partial charge on any atom is 0.514 e. The molecule has 25 heavy (non-hydrogen) atoms. The molecule has 3 nitrogen and oxygen atoms in total. The summed E-state index contributed by atoms with van der Waals surface area (Å²) in [6.07, 6.45) is 4.31. The van der Waals surface area contributed by atoms with Crippen LogP contribution in [0.5, 0.6) is 5.75 Å². The van der Waals surface area contributed by atoms with Gasteiger partial charge in [-0.15, -0.1) is 6.42 Å². The highest BCUT2D eigenvalue weighted by Gasteiger charge is 2.17. The molecule has 0 spiro atoms. The third-order valence-corrected chi connectivity index (χ3v) is 3.64. The summed E-state index contributed by atoms with van der Waals surface area (Å²) >= 11 is 0. The quantitative estimate of drug-likeness (QED) is 0.376. The van der Waals surface area contributed by atoms with E-state index in [4.69, 9.17) is 15.9 Å². The third kappa shape index (κ3) is 3.88. The summed E-state index contributed by atoms with van der Waals surface area (Å²) in [6, 6.07) is 25.2. The van der Waals surface area contributed by atoms with E-state index in [1.54, 1.807) is 0 Å². The number of benzene rings is 3. The summed E-state index contributed by atoms with van der Waals surface area (Å²) in [6.45, 7) is -0.132. The molecule has 0 N–H and O–H groups in total. The minimum absolute atomic E-state index is 0.132. The normalized spacial score (nSPS) is 9.88. The van der Waals surface area contributed by atoms with Crippen molar-refractivity contribution in [2.24, 2.45) is 0 Å². The molecule has 0 amide bonds. The molecule has 0 aromatic heterocycles. The predicted molar refractivity (Wildman–Crippen MR) is 98.1 cm³/mol. The lowest BCUT2D eigenvalue weighted by molar-refractivity contribution is 0.111. The topological polar surface area (TPSA) is 35.5 Å². The Balaban J connectivity index is 2.10. The molecular weight excluding hydrogens is 312 g/mol. The van der Waals surface area contributed by atoms with Crippen molar-refractivity contribution < 1.29 is 14.3 Å². The second kappa shape index (κ2) is 7.85. The van der Waals surface area contributed by atoms with E-state index in [0.29, 0.717) is 5.75 Å². The van der Waals surface area contributed by atoms with Crippen LogP contribution < -0.4 is 4.74 Å². The molecule has 0 bridgehead atoms. The highest BCUT2D eigenvalue weighted by molar-refractivity contribution is 5.85. The molecule has 0 saturated heterocycles. The van der Waals surface area contributed by atoms with Crippen molar-refractivity contribution in [3.63, 3.8) is 0 Å². The maximum atomic E-state index is 12.0. The minimum atomic E-state index is -0.821. The Morgan fingerprint density at radius 3 is 1.80 bits per heavy atom. The molecule has 3 aromatic carbocycles. The van der Waals surface area contributed by atoms with Crippen molar-refractivity contribution >= 4 is 6.16 Å². The fraction of sp³-hybridized carbons (Fsp3) is 0.0455. The number of carbonyl (C=O) groups excluding carboxylic acids is 1. The minimum Gasteiger partial charge on any atom is -0.421 e. The van der Waals surface area contributed by atoms with E-state index in [1.165, 1.54) is 0 Å². The molecular formula is C22H16O3. The first kappa shape index (κ1) is 16.4. The summed E-state index contributed by atoms with van der Waals surface area (Å²) in [5.74, 6) is 2.70. The van der Waals surface area contributed by atoms with Gasteiger partial charge in [0.15, 0.2) is 6.61 Å². The lowest BCUT2D eigenvalue weighted by Gasteiger charge is -2.15. The zero-order valence-electron chi connectivity index (χ0n) is 13.5. The van der Waals surface area contributed by atoms with Crippen LogP contribution in [0.1, 0.15) is 0 Å². The highest BCUT2D eigenvalue weighted by atomic mass is 16.7. The van der Waals surface area contributed by atoms with Crippen molar-refractivity contribution in [3.8, 4) is 40.3 Å². The van der Waals surface area contributed by atoms with Gasteiger partial charge in [-0.05, 0) is 11.1 Å². The maximum absolute atomic E-state index is 12.0. The number of para-hydroxylation sites is 1. The molecule has 0 aliphatic heterocycles. The van der Waals surface area contributed by atoms with Crippen LogP contribution in [-0.2, 0) is 4.74 Å². The molecule has 0 unspecified atom stereocenters. The van der Waals surface area contributed by atoms with Crippen LogP contribution >= 0.6 is 0 Å². The van der Waals surface area contributed by atoms with Crippen molar-refractivity contribution in [1.29, 1.82) is 0 Å². The Morgan fingerprint density at radius 2 is 1.32 bits per heavy atom. The lowest BCUT2D eigenvalue weighted by Crippen LogP contribution is -2.12. The standard InChI is InChI=1S/C22H16O3/c1-2-16-24-22(23)25-21-19(17-10-5-3-6-11-17)14-9-15-20(21)18-12-7-4-8-13-18/h1,3-15H,16H2. The van der Waals surface area contributed by atoms with Crippen LogP contribution in [0.2, 0.25) is 0 Å². The molecule has 0 saturated carbocycles. The third-order valence-electron chi connectivity index (χ3n) is 3.64. The first-order valence-corrected chi connectivity index (χ1v) is 7.81. The molecule has 3 rings (SSSR count). The van der Waals surface area contributed by atoms with Gasteiger partial charge in [-0.3, -0.25) is 0 Å². The number of terminal acetylenes is 1. The average molecular weight is 328 g/mol. The van der Waals surface area contributed by atoms with Gasteiger partial charge >= 0.3 is 6.16 Å². The van der Waals surface area contributed by atoms with E-state index in [1.807, 2.05) is 78.9 Å². The summed E-state index contributed by atoms with van der Waals surface area (Å²) in [5.41, 5.74) is 3.50. The van der Waals surface area contributed by atoms with E-state index >= 15 is 0 Å². The zero-order valence-corrected chi connectivity index (χ0v) is 13.5. The molecule has 0 aliphatic rings. The van der Waals surface area contributed by atoms with Crippen LogP contribution in [0, 0.1) is 12.3 Å². The molecule has 3 aromatic rings. The summed E-state index contributed by atoms with van der Waals surface area (Å²) in [5, 5.41) is 0. The Hall–Kier alpha value is -3.51. The van der Waals surface area contributed by atoms with Gasteiger partial charge < -0.3 is 9.47 Å². The van der Waals surface area contributed by atoms with E-state index < -0.39 is 6.16 Å². The number of ether oxygens (including phenoxy) is 2. The largest absolute Gasteiger partial charge is 0.514 e. The highest BCUT2D eigenvalue weighted by Crippen LogP contribution is 2.39. The van der Waals surface area contributed by atoms with E-state index in [-0.39, 0.29) is 6.61 Å². The first-order valence-electron chi connectivity index (χ1n) is 7.81. The number of hydrogen-bond acceptors (Lipinski definition) is 3. The summed E-state index contributed by atoms with van der Waals surface area (Å²) < 4.78 is 10.4. The SMILES string of the molecule is C#CCOC(=O)Oc1c(-c2ccccc2)cccc1-c1ccccc1. The number of rotatable bonds is 4. The van der Waals surface area contributed by atoms with Gasteiger partial charge in [0.05, 0.1) is 0 Å². The van der Waals surface area contributed by atoms with Gasteiger partial charge in [-0.25, -0.2) is 4.79 Å². The van der Waals surface area contributed by atoms with Crippen LogP contribution in [-0.4, -0.2) is 12.8 Å². The summed E-state index contributed by atoms with van der Waals surface area (Å²) in [4.78, 5) is 12.0. The fourth-order valence-electron chi connectivity index (χ4n) is 2.55. The predicted octanol–water partition coefficient (Wildman–Crippen LogP) is 5.17. The molecule has 3 heteroatoms. The lowest BCUT2D eigenvalue weighted by atomic mass is 9.97. The van der Waals surface area contributed by atoms with Crippen LogP contribution in [0.25, 0.3) is 22.3 Å². The molecule has 0 heterocycles. The second-order valence-electron chi connectivity index (χ2n) is 5.26. The first-order chi connectivity index (χ1) is 12.3. The Labute approximate surface area is 146 Å². The Bertz CT molecular complexity index is 836. The second-order valence-corrected chi connectivity index (χ2v) is 5.26. The van der Waals surface area contributed by atoms with E-state index in [2.05, 4.69) is 5.92 Å². The summed E-state index contributed by atoms with van der Waals surface area (Å²) in [7, 11) is 0. The van der Waals surface area contributed by atoms with Crippen molar-refractivity contribution in [2.75, 3.05) is 6.61 Å². The van der Waals surface area contributed by atoms with Gasteiger partial charge in [0.25, 0.3) is 0 Å². The van der Waals surface area contributed by atoms with Gasteiger partial charge in [-0.2, -0.15) is 0 Å². The van der Waals surface area contributed by atoms with Crippen molar-refractivity contribution in [2.45, 2.75) is 0 Å². The van der Waals surface area contributed by atoms with Gasteiger partial charge in [0, 0.05) is 11.1 Å². The van der Waals surface area contributed by atoms with E-state index in [9.17, 15) is 4.79 Å². The molecule has 0 radical (unpaired) electrons. The molecule has 122 valence electrons. The van der Waals surface area contributed by atoms with Crippen molar-refractivity contribution in [3.05, 3.63) is 78.9 Å². The smallest absolute Gasteiger partial charge is 0.421 e. The fourth-order valence-corrected chi connectivity index (χ4v) is 2.55. The monoisotopic (exact) mass is 328 g/mol. The Kier molecular flexibility index (Phi) is 5.13. The van der Waals surface area contributed by atoms with E-state index in [0.717, 1.165) is 22.3 Å². The van der Waals surface area contributed by atoms with Crippen LogP contribution in [0.4, 0.5) is 4.79 Å². The van der Waals surface area contributed by atoms with Crippen LogP contribution in [0.15, 0.2) is 78.9 Å². The zero-order chi connectivity index (χ0) is 17.5. The number of carbonyl (C=O) groups is 1. The van der Waals surface area contributed by atoms with Gasteiger partial charge in [0.1, 0.15) is 5.75 Å². The molecule has 0 atom stereocenters. The van der Waals surface area contributed by atoms with Crippen molar-refractivity contribution in [1.82, 2.24) is 0 Å².